The van der Waals surface area contributed by atoms with Gasteiger partial charge in [0, 0.05) is 23.2 Å². The number of nitrogens with one attached hydrogen (secondary N) is 2. The average molecular weight is 371 g/mol. The Hall–Kier alpha value is -1.85. The first-order valence-electron chi connectivity index (χ1n) is 7.21. The van der Waals surface area contributed by atoms with E-state index in [1.165, 1.54) is 0 Å². The van der Waals surface area contributed by atoms with Gasteiger partial charge in [-0.15, -0.1) is 0 Å². The van der Waals surface area contributed by atoms with Crippen LogP contribution in [0, 0.1) is 5.41 Å². The Morgan fingerprint density at radius 2 is 1.67 bits per heavy atom. The Labute approximate surface area is 151 Å². The van der Waals surface area contributed by atoms with Gasteiger partial charge < -0.3 is 10.6 Å². The van der Waals surface area contributed by atoms with E-state index in [1.54, 1.807) is 51.1 Å². The minimum Gasteiger partial charge on any atom is -0.351 e. The van der Waals surface area contributed by atoms with Gasteiger partial charge in [-0.05, 0) is 19.1 Å². The third-order valence-electron chi connectivity index (χ3n) is 3.30. The molecule has 0 spiro atoms. The molecule has 2 N–H and O–H groups in total. The zero-order chi connectivity index (χ0) is 18.5. The van der Waals surface area contributed by atoms with Crippen LogP contribution < -0.4 is 10.6 Å². The number of halogens is 2. The van der Waals surface area contributed by atoms with Crippen LogP contribution in [-0.4, -0.2) is 28.5 Å². The lowest BCUT2D eigenvalue weighted by Gasteiger charge is -2.29. The van der Waals surface area contributed by atoms with Crippen molar-refractivity contribution in [1.29, 1.82) is 0 Å². The highest BCUT2D eigenvalue weighted by atomic mass is 35.5. The van der Waals surface area contributed by atoms with Gasteiger partial charge in [0.2, 0.25) is 5.91 Å². The molecule has 0 radical (unpaired) electrons. The zero-order valence-electron chi connectivity index (χ0n) is 13.8. The fourth-order valence-electron chi connectivity index (χ4n) is 1.79. The number of rotatable bonds is 7. The molecule has 1 aromatic rings. The largest absolute Gasteiger partial charge is 0.351 e. The van der Waals surface area contributed by atoms with E-state index < -0.39 is 21.4 Å². The topological polar surface area (TPSA) is 75.3 Å². The van der Waals surface area contributed by atoms with Crippen molar-refractivity contribution in [1.82, 2.24) is 5.32 Å². The van der Waals surface area contributed by atoms with Gasteiger partial charge in [-0.2, -0.15) is 0 Å². The molecule has 24 heavy (non-hydrogen) atoms. The molecule has 0 fully saturated rings. The molecule has 2 amide bonds. The standard InChI is InChI=1S/C17H20Cl2N2O3/c1-11(2)13(22)20-10-16(3,4)14(23)17(18,19)15(24)21-12-8-6-5-7-9-12/h5-9H,1,10H2,2-4H3,(H,20,22)(H,21,24). The first-order chi connectivity index (χ1) is 11.0. The van der Waals surface area contributed by atoms with Gasteiger partial charge in [0.25, 0.3) is 10.2 Å². The Balaban J connectivity index is 2.83. The summed E-state index contributed by atoms with van der Waals surface area (Å²) in [6.07, 6.45) is 0. The summed E-state index contributed by atoms with van der Waals surface area (Å²) in [6, 6.07) is 8.51. The number of alkyl halides is 2. The molecule has 0 bridgehead atoms. The number of para-hydroxylation sites is 1. The van der Waals surface area contributed by atoms with Gasteiger partial charge in [-0.3, -0.25) is 14.4 Å². The van der Waals surface area contributed by atoms with Gasteiger partial charge in [0.05, 0.1) is 0 Å². The Bertz CT molecular complexity index is 655. The summed E-state index contributed by atoms with van der Waals surface area (Å²) in [5, 5.41) is 5.05. The quantitative estimate of drug-likeness (QED) is 0.439. The van der Waals surface area contributed by atoms with Crippen LogP contribution in [0.1, 0.15) is 20.8 Å². The second-order valence-corrected chi connectivity index (χ2v) is 7.40. The molecule has 7 heteroatoms. The molecule has 1 rings (SSSR count). The predicted molar refractivity (Wildman–Crippen MR) is 96.1 cm³/mol. The predicted octanol–water partition coefficient (Wildman–Crippen LogP) is 3.09. The highest BCUT2D eigenvalue weighted by Crippen LogP contribution is 2.33. The van der Waals surface area contributed by atoms with Crippen molar-refractivity contribution >= 4 is 46.5 Å². The molecule has 0 aliphatic heterocycles. The molecular weight excluding hydrogens is 351 g/mol. The van der Waals surface area contributed by atoms with Gasteiger partial charge >= 0.3 is 0 Å². The second kappa shape index (κ2) is 7.81. The molecule has 0 aliphatic rings. The lowest BCUT2D eigenvalue weighted by Crippen LogP contribution is -2.50. The van der Waals surface area contributed by atoms with Crippen LogP contribution >= 0.6 is 23.2 Å². The van der Waals surface area contributed by atoms with Crippen molar-refractivity contribution in [3.63, 3.8) is 0 Å². The summed E-state index contributed by atoms with van der Waals surface area (Å²) in [7, 11) is 0. The van der Waals surface area contributed by atoms with Crippen LogP contribution in [0.25, 0.3) is 0 Å². The van der Waals surface area contributed by atoms with E-state index in [2.05, 4.69) is 17.2 Å². The monoisotopic (exact) mass is 370 g/mol. The number of ketones is 1. The normalized spacial score (nSPS) is 11.5. The van der Waals surface area contributed by atoms with E-state index in [4.69, 9.17) is 23.2 Å². The summed E-state index contributed by atoms with van der Waals surface area (Å²) >= 11 is 12.0. The Morgan fingerprint density at radius 3 is 2.17 bits per heavy atom. The minimum atomic E-state index is -2.28. The van der Waals surface area contributed by atoms with Crippen molar-refractivity contribution in [2.24, 2.45) is 5.41 Å². The molecule has 0 aromatic heterocycles. The number of carbonyl (C=O) groups excluding carboxylic acids is 3. The molecule has 130 valence electrons. The molecule has 0 atom stereocenters. The maximum atomic E-state index is 12.6. The summed E-state index contributed by atoms with van der Waals surface area (Å²) in [4.78, 5) is 36.4. The van der Waals surface area contributed by atoms with Crippen LogP contribution in [0.2, 0.25) is 0 Å². The fraction of sp³-hybridized carbons (Fsp3) is 0.353. The number of benzene rings is 1. The summed E-state index contributed by atoms with van der Waals surface area (Å²) in [5.74, 6) is -1.95. The molecule has 0 saturated heterocycles. The Morgan fingerprint density at radius 1 is 1.12 bits per heavy atom. The number of amides is 2. The average Bonchev–Trinajstić information content (AvgIpc) is 2.52. The molecule has 1 aromatic carbocycles. The van der Waals surface area contributed by atoms with Crippen LogP contribution in [0.5, 0.6) is 0 Å². The van der Waals surface area contributed by atoms with Crippen molar-refractivity contribution in [3.05, 3.63) is 42.5 Å². The number of hydrogen-bond acceptors (Lipinski definition) is 3. The lowest BCUT2D eigenvalue weighted by molar-refractivity contribution is -0.132. The van der Waals surface area contributed by atoms with Crippen LogP contribution in [0.15, 0.2) is 42.5 Å². The summed E-state index contributed by atoms with van der Waals surface area (Å²) in [6.45, 7) is 8.12. The first kappa shape index (κ1) is 20.2. The number of carbonyl (C=O) groups is 3. The number of Topliss-reactive ketones (excluding diaryl/α,β-unsaturated/α-hetero) is 1. The lowest BCUT2D eigenvalue weighted by atomic mass is 9.85. The second-order valence-electron chi connectivity index (χ2n) is 6.07. The number of anilines is 1. The highest BCUT2D eigenvalue weighted by molar-refractivity contribution is 6.69. The van der Waals surface area contributed by atoms with E-state index in [0.717, 1.165) is 0 Å². The van der Waals surface area contributed by atoms with Crippen molar-refractivity contribution in [2.75, 3.05) is 11.9 Å². The molecular formula is C17H20Cl2N2O3. The highest BCUT2D eigenvalue weighted by Gasteiger charge is 2.49. The summed E-state index contributed by atoms with van der Waals surface area (Å²) in [5.41, 5.74) is -0.375. The molecule has 0 saturated carbocycles. The van der Waals surface area contributed by atoms with Gasteiger partial charge in [-0.1, -0.05) is 61.8 Å². The molecule has 0 unspecified atom stereocenters. The van der Waals surface area contributed by atoms with Gasteiger partial charge in [-0.25, -0.2) is 0 Å². The van der Waals surface area contributed by atoms with Crippen LogP contribution in [0.3, 0.4) is 0 Å². The first-order valence-corrected chi connectivity index (χ1v) is 7.97. The van der Waals surface area contributed by atoms with Crippen molar-refractivity contribution in [3.8, 4) is 0 Å². The molecule has 5 nitrogen and oxygen atoms in total. The maximum absolute atomic E-state index is 12.6. The summed E-state index contributed by atoms with van der Waals surface area (Å²) < 4.78 is -2.28. The zero-order valence-corrected chi connectivity index (χ0v) is 15.3. The van der Waals surface area contributed by atoms with E-state index in [1.807, 2.05) is 0 Å². The van der Waals surface area contributed by atoms with Gasteiger partial charge in [0.15, 0.2) is 5.78 Å². The number of hydrogen-bond donors (Lipinski definition) is 2. The third-order valence-corrected chi connectivity index (χ3v) is 3.98. The third kappa shape index (κ3) is 5.08. The molecule has 0 aliphatic carbocycles. The van der Waals surface area contributed by atoms with E-state index in [-0.39, 0.29) is 12.5 Å². The minimum absolute atomic E-state index is 0.0304. The van der Waals surface area contributed by atoms with E-state index >= 15 is 0 Å². The SMILES string of the molecule is C=C(C)C(=O)NCC(C)(C)C(=O)C(Cl)(Cl)C(=O)Nc1ccccc1. The van der Waals surface area contributed by atoms with Crippen molar-refractivity contribution in [2.45, 2.75) is 25.1 Å². The van der Waals surface area contributed by atoms with E-state index in [0.29, 0.717) is 11.3 Å². The van der Waals surface area contributed by atoms with Crippen LogP contribution in [0.4, 0.5) is 5.69 Å². The fourth-order valence-corrected chi connectivity index (χ4v) is 2.40. The smallest absolute Gasteiger partial charge is 0.268 e. The van der Waals surface area contributed by atoms with Gasteiger partial charge in [0.1, 0.15) is 0 Å². The Kier molecular flexibility index (Phi) is 6.58. The van der Waals surface area contributed by atoms with Crippen LogP contribution in [-0.2, 0) is 14.4 Å². The molecule has 0 heterocycles. The maximum Gasteiger partial charge on any atom is 0.268 e. The van der Waals surface area contributed by atoms with E-state index in [9.17, 15) is 14.4 Å². The van der Waals surface area contributed by atoms with Crippen molar-refractivity contribution < 1.29 is 14.4 Å².